The van der Waals surface area contributed by atoms with E-state index >= 15 is 0 Å². The molecule has 2 N–H and O–H groups in total. The third-order valence-corrected chi connectivity index (χ3v) is 9.60. The Hall–Kier alpha value is -2.39. The zero-order chi connectivity index (χ0) is 25.0. The third-order valence-electron chi connectivity index (χ3n) is 6.67. The Morgan fingerprint density at radius 3 is 2.57 bits per heavy atom. The van der Waals surface area contributed by atoms with Crippen molar-refractivity contribution >= 4 is 38.0 Å². The molecular formula is C26H34N2O5S2. The largest absolute Gasteiger partial charge is 0.494 e. The number of hydrogen-bond donors (Lipinski definition) is 2. The summed E-state index contributed by atoms with van der Waals surface area (Å²) in [7, 11) is -3.10. The van der Waals surface area contributed by atoms with Crippen LogP contribution in [0.25, 0.3) is 0 Å². The highest BCUT2D eigenvalue weighted by Gasteiger charge is 2.33. The molecule has 1 saturated heterocycles. The van der Waals surface area contributed by atoms with Gasteiger partial charge in [0.05, 0.1) is 23.7 Å². The molecule has 2 amide bonds. The SMILES string of the molecule is CCCCCOc1ccc(C(=O)Nc2sc3c(c2C(=O)NC2CCS(=O)(=O)C2)CCC(C)C3)cc1. The van der Waals surface area contributed by atoms with Gasteiger partial charge in [-0.3, -0.25) is 9.59 Å². The maximum atomic E-state index is 13.3. The van der Waals surface area contributed by atoms with Crippen LogP contribution in [0.3, 0.4) is 0 Å². The summed E-state index contributed by atoms with van der Waals surface area (Å²) >= 11 is 1.46. The number of sulfone groups is 1. The van der Waals surface area contributed by atoms with Crippen LogP contribution in [0.5, 0.6) is 5.75 Å². The smallest absolute Gasteiger partial charge is 0.256 e. The van der Waals surface area contributed by atoms with E-state index in [1.165, 1.54) is 11.3 Å². The Morgan fingerprint density at radius 2 is 1.89 bits per heavy atom. The molecule has 190 valence electrons. The molecule has 0 bridgehead atoms. The van der Waals surface area contributed by atoms with E-state index in [1.807, 2.05) is 0 Å². The van der Waals surface area contributed by atoms with E-state index in [0.717, 1.165) is 54.7 Å². The number of thiophene rings is 1. The Balaban J connectivity index is 1.49. The van der Waals surface area contributed by atoms with Gasteiger partial charge in [-0.2, -0.15) is 0 Å². The number of nitrogens with one attached hydrogen (secondary N) is 2. The first-order valence-corrected chi connectivity index (χ1v) is 15.1. The van der Waals surface area contributed by atoms with Gasteiger partial charge in [-0.25, -0.2) is 8.42 Å². The predicted octanol–water partition coefficient (Wildman–Crippen LogP) is 4.61. The van der Waals surface area contributed by atoms with Crippen molar-refractivity contribution in [3.05, 3.63) is 45.8 Å². The minimum absolute atomic E-state index is 0.0311. The second kappa shape index (κ2) is 11.1. The van der Waals surface area contributed by atoms with Crippen LogP contribution >= 0.6 is 11.3 Å². The number of hydrogen-bond acceptors (Lipinski definition) is 6. The van der Waals surface area contributed by atoms with Gasteiger partial charge in [0.15, 0.2) is 9.84 Å². The van der Waals surface area contributed by atoms with Crippen LogP contribution in [0.2, 0.25) is 0 Å². The summed E-state index contributed by atoms with van der Waals surface area (Å²) in [6.45, 7) is 4.99. The molecule has 1 aliphatic carbocycles. The highest BCUT2D eigenvalue weighted by molar-refractivity contribution is 7.91. The molecule has 0 saturated carbocycles. The maximum Gasteiger partial charge on any atom is 0.256 e. The number of unbranched alkanes of at least 4 members (excludes halogenated alkanes) is 2. The topological polar surface area (TPSA) is 102 Å². The second-order valence-electron chi connectivity index (χ2n) is 9.66. The first-order valence-electron chi connectivity index (χ1n) is 12.5. The van der Waals surface area contributed by atoms with Crippen molar-refractivity contribution in [2.75, 3.05) is 23.4 Å². The van der Waals surface area contributed by atoms with Gasteiger partial charge in [0.25, 0.3) is 11.8 Å². The zero-order valence-electron chi connectivity index (χ0n) is 20.4. The molecule has 0 radical (unpaired) electrons. The minimum atomic E-state index is -3.10. The van der Waals surface area contributed by atoms with Crippen molar-refractivity contribution in [2.45, 2.75) is 64.8 Å². The van der Waals surface area contributed by atoms with Gasteiger partial charge in [0.1, 0.15) is 10.8 Å². The summed E-state index contributed by atoms with van der Waals surface area (Å²) in [6.07, 6.45) is 6.31. The van der Waals surface area contributed by atoms with E-state index in [4.69, 9.17) is 4.74 Å². The van der Waals surface area contributed by atoms with Crippen LogP contribution in [-0.2, 0) is 22.7 Å². The third kappa shape index (κ3) is 6.44. The number of ether oxygens (including phenoxy) is 1. The molecule has 0 spiro atoms. The number of benzene rings is 1. The Bertz CT molecular complexity index is 1170. The van der Waals surface area contributed by atoms with Gasteiger partial charge >= 0.3 is 0 Å². The molecule has 7 nitrogen and oxygen atoms in total. The highest BCUT2D eigenvalue weighted by Crippen LogP contribution is 2.40. The highest BCUT2D eigenvalue weighted by atomic mass is 32.2. The number of carbonyl (C=O) groups excluding carboxylic acids is 2. The zero-order valence-corrected chi connectivity index (χ0v) is 22.0. The number of fused-ring (bicyclic) bond motifs is 1. The molecule has 2 unspecified atom stereocenters. The summed E-state index contributed by atoms with van der Waals surface area (Å²) in [5.41, 5.74) is 1.96. The minimum Gasteiger partial charge on any atom is -0.494 e. The van der Waals surface area contributed by atoms with Crippen LogP contribution in [-0.4, -0.2) is 44.4 Å². The van der Waals surface area contributed by atoms with Crippen molar-refractivity contribution in [1.29, 1.82) is 0 Å². The summed E-state index contributed by atoms with van der Waals surface area (Å²) in [6, 6.07) is 6.64. The molecule has 4 rings (SSSR count). The van der Waals surface area contributed by atoms with E-state index in [0.29, 0.717) is 35.1 Å². The van der Waals surface area contributed by atoms with Crippen LogP contribution < -0.4 is 15.4 Å². The Labute approximate surface area is 211 Å². The quantitative estimate of drug-likeness (QED) is 0.472. The Kier molecular flexibility index (Phi) is 8.16. The van der Waals surface area contributed by atoms with Gasteiger partial charge in [-0.15, -0.1) is 11.3 Å². The molecule has 1 aromatic carbocycles. The van der Waals surface area contributed by atoms with Gasteiger partial charge < -0.3 is 15.4 Å². The summed E-state index contributed by atoms with van der Waals surface area (Å²) in [4.78, 5) is 27.5. The first kappa shape index (κ1) is 25.7. The van der Waals surface area contributed by atoms with E-state index in [2.05, 4.69) is 24.5 Å². The van der Waals surface area contributed by atoms with E-state index in [1.54, 1.807) is 24.3 Å². The fourth-order valence-corrected chi connectivity index (χ4v) is 7.74. The first-order chi connectivity index (χ1) is 16.8. The molecule has 2 aromatic rings. The van der Waals surface area contributed by atoms with Crippen LogP contribution in [0.4, 0.5) is 5.00 Å². The number of amides is 2. The van der Waals surface area contributed by atoms with Crippen molar-refractivity contribution in [3.63, 3.8) is 0 Å². The van der Waals surface area contributed by atoms with Crippen molar-refractivity contribution in [2.24, 2.45) is 5.92 Å². The van der Waals surface area contributed by atoms with E-state index in [9.17, 15) is 18.0 Å². The summed E-state index contributed by atoms with van der Waals surface area (Å²) < 4.78 is 29.4. The van der Waals surface area contributed by atoms with Crippen molar-refractivity contribution < 1.29 is 22.7 Å². The van der Waals surface area contributed by atoms with E-state index in [-0.39, 0.29) is 29.4 Å². The standard InChI is InChI=1S/C26H34N2O5S2/c1-3-4-5-13-33-20-9-7-18(8-10-20)24(29)28-26-23(21-11-6-17(2)15-22(21)34-26)25(30)27-19-12-14-35(31,32)16-19/h7-10,17,19H,3-6,11-16H2,1-2H3,(H,27,30)(H,28,29). The summed E-state index contributed by atoms with van der Waals surface area (Å²) in [5, 5.41) is 6.40. The lowest BCUT2D eigenvalue weighted by Crippen LogP contribution is -2.36. The number of rotatable bonds is 9. The Morgan fingerprint density at radius 1 is 1.11 bits per heavy atom. The maximum absolute atomic E-state index is 13.3. The molecule has 1 fully saturated rings. The van der Waals surface area contributed by atoms with Crippen LogP contribution in [0.1, 0.15) is 77.1 Å². The second-order valence-corrected chi connectivity index (χ2v) is 13.0. The lowest BCUT2D eigenvalue weighted by Gasteiger charge is -2.19. The number of carbonyl (C=O) groups is 2. The average molecular weight is 519 g/mol. The molecule has 2 atom stereocenters. The van der Waals surface area contributed by atoms with Gasteiger partial charge in [0.2, 0.25) is 0 Å². The molecule has 9 heteroatoms. The molecule has 1 aliphatic heterocycles. The van der Waals surface area contributed by atoms with Gasteiger partial charge in [-0.05, 0) is 67.9 Å². The van der Waals surface area contributed by atoms with E-state index < -0.39 is 9.84 Å². The summed E-state index contributed by atoms with van der Waals surface area (Å²) in [5.74, 6) is 0.725. The van der Waals surface area contributed by atoms with Crippen LogP contribution in [0, 0.1) is 5.92 Å². The lowest BCUT2D eigenvalue weighted by atomic mass is 9.88. The normalized spacial score (nSPS) is 20.7. The average Bonchev–Trinajstić information content (AvgIpc) is 3.34. The monoisotopic (exact) mass is 518 g/mol. The molecule has 1 aromatic heterocycles. The predicted molar refractivity (Wildman–Crippen MR) is 139 cm³/mol. The van der Waals surface area contributed by atoms with Crippen molar-refractivity contribution in [3.8, 4) is 5.75 Å². The van der Waals surface area contributed by atoms with Gasteiger partial charge in [0, 0.05) is 16.5 Å². The fourth-order valence-electron chi connectivity index (χ4n) is 4.67. The molecule has 35 heavy (non-hydrogen) atoms. The van der Waals surface area contributed by atoms with Gasteiger partial charge in [-0.1, -0.05) is 26.7 Å². The van der Waals surface area contributed by atoms with Crippen molar-refractivity contribution in [1.82, 2.24) is 5.32 Å². The lowest BCUT2D eigenvalue weighted by molar-refractivity contribution is 0.0941. The molecule has 2 aliphatic rings. The fraction of sp³-hybridized carbons (Fsp3) is 0.538. The number of anilines is 1. The molecule has 2 heterocycles. The molecular weight excluding hydrogens is 484 g/mol. The van der Waals surface area contributed by atoms with Crippen LogP contribution in [0.15, 0.2) is 24.3 Å².